The highest BCUT2D eigenvalue weighted by Crippen LogP contribution is 2.51. The average Bonchev–Trinajstić information content (AvgIpc) is 3.21. The minimum Gasteiger partial charge on any atom is -0.474 e. The maximum atomic E-state index is 13.1. The highest BCUT2D eigenvalue weighted by atomic mass is 16.6. The predicted molar refractivity (Wildman–Crippen MR) is 88.9 cm³/mol. The molecule has 0 N–H and O–H groups in total. The van der Waals surface area contributed by atoms with Crippen LogP contribution in [0.4, 0.5) is 0 Å². The van der Waals surface area contributed by atoms with E-state index in [1.54, 1.807) is 18.6 Å². The molecule has 2 aliphatic heterocycles. The summed E-state index contributed by atoms with van der Waals surface area (Å²) in [6, 6.07) is 3.36. The van der Waals surface area contributed by atoms with Crippen molar-refractivity contribution in [1.82, 2.24) is 24.8 Å². The average molecular weight is 364 g/mol. The Morgan fingerprint density at radius 2 is 2.15 bits per heavy atom. The molecule has 9 heteroatoms. The van der Waals surface area contributed by atoms with Crippen LogP contribution in [0.3, 0.4) is 0 Å². The number of hydrogen-bond acceptors (Lipinski definition) is 8. The Kier molecular flexibility index (Phi) is 3.55. The van der Waals surface area contributed by atoms with Crippen molar-refractivity contribution in [1.29, 1.82) is 5.26 Å². The normalized spacial score (nSPS) is 31.4. The number of rotatable bonds is 3. The van der Waals surface area contributed by atoms with Gasteiger partial charge in [0.15, 0.2) is 5.60 Å². The van der Waals surface area contributed by atoms with E-state index in [-0.39, 0.29) is 30.0 Å². The molecule has 1 amide bonds. The van der Waals surface area contributed by atoms with Crippen LogP contribution >= 0.6 is 0 Å². The third-order valence-corrected chi connectivity index (χ3v) is 5.40. The van der Waals surface area contributed by atoms with Gasteiger partial charge in [-0.25, -0.2) is 9.97 Å². The molecule has 136 valence electrons. The van der Waals surface area contributed by atoms with Crippen LogP contribution in [-0.4, -0.2) is 48.7 Å². The molecule has 1 aliphatic carbocycles. The monoisotopic (exact) mass is 364 g/mol. The van der Waals surface area contributed by atoms with E-state index in [1.807, 2.05) is 11.0 Å². The third-order valence-electron chi connectivity index (χ3n) is 5.40. The van der Waals surface area contributed by atoms with Crippen LogP contribution in [0.5, 0.6) is 5.88 Å². The maximum absolute atomic E-state index is 13.1. The summed E-state index contributed by atoms with van der Waals surface area (Å²) in [5.41, 5.74) is 0.224. The lowest BCUT2D eigenvalue weighted by molar-refractivity contribution is -0.162. The van der Waals surface area contributed by atoms with Crippen molar-refractivity contribution in [2.45, 2.75) is 49.7 Å². The summed E-state index contributed by atoms with van der Waals surface area (Å²) in [6.07, 6.45) is 8.43. The molecule has 0 radical (unpaired) electrons. The van der Waals surface area contributed by atoms with Crippen molar-refractivity contribution in [2.24, 2.45) is 0 Å². The standard InChI is InChI=1S/C18H16N6O3/c19-8-11-5-15(23-10-22-11)26-12-6-18(7-12)17(25)24-14(1-2-16(24)27-18)13-9-20-3-4-21-13/h3-5,9-10,12,14,16H,1-2,6-7H2/t12?,14-,16+,18?/m0/s1. The molecule has 3 aliphatic rings. The Hall–Kier alpha value is -3.12. The summed E-state index contributed by atoms with van der Waals surface area (Å²) in [6.45, 7) is 0. The van der Waals surface area contributed by atoms with Gasteiger partial charge in [-0.1, -0.05) is 0 Å². The molecule has 2 aromatic heterocycles. The minimum atomic E-state index is -0.818. The molecule has 2 saturated heterocycles. The molecule has 3 fully saturated rings. The van der Waals surface area contributed by atoms with Crippen LogP contribution in [0.2, 0.25) is 0 Å². The summed E-state index contributed by atoms with van der Waals surface area (Å²) in [4.78, 5) is 31.2. The lowest BCUT2D eigenvalue weighted by Gasteiger charge is -2.41. The van der Waals surface area contributed by atoms with E-state index in [2.05, 4.69) is 19.9 Å². The third kappa shape index (κ3) is 2.52. The van der Waals surface area contributed by atoms with E-state index < -0.39 is 5.60 Å². The molecule has 0 aromatic carbocycles. The van der Waals surface area contributed by atoms with Crippen LogP contribution in [-0.2, 0) is 9.53 Å². The first-order chi connectivity index (χ1) is 13.2. The Morgan fingerprint density at radius 1 is 1.26 bits per heavy atom. The Morgan fingerprint density at radius 3 is 2.93 bits per heavy atom. The van der Waals surface area contributed by atoms with Crippen LogP contribution in [0.15, 0.2) is 31.0 Å². The molecule has 27 heavy (non-hydrogen) atoms. The van der Waals surface area contributed by atoms with Crippen molar-refractivity contribution >= 4 is 5.91 Å². The topological polar surface area (TPSA) is 114 Å². The summed E-state index contributed by atoms with van der Waals surface area (Å²) in [7, 11) is 0. The molecule has 0 bridgehead atoms. The molecular formula is C18H16N6O3. The van der Waals surface area contributed by atoms with Crippen LogP contribution in [0, 0.1) is 11.3 Å². The highest BCUT2D eigenvalue weighted by Gasteiger charge is 2.63. The molecule has 2 atom stereocenters. The lowest BCUT2D eigenvalue weighted by Crippen LogP contribution is -2.56. The fraction of sp³-hybridized carbons (Fsp3) is 0.444. The number of nitriles is 1. The van der Waals surface area contributed by atoms with Gasteiger partial charge < -0.3 is 14.4 Å². The lowest BCUT2D eigenvalue weighted by atomic mass is 9.76. The molecular weight excluding hydrogens is 348 g/mol. The molecule has 0 unspecified atom stereocenters. The number of amides is 1. The van der Waals surface area contributed by atoms with Crippen molar-refractivity contribution in [3.05, 3.63) is 42.4 Å². The van der Waals surface area contributed by atoms with Gasteiger partial charge in [0, 0.05) is 31.3 Å². The second kappa shape index (κ2) is 5.96. The second-order valence-electron chi connectivity index (χ2n) is 7.00. The first-order valence-electron chi connectivity index (χ1n) is 8.84. The number of aromatic nitrogens is 4. The summed E-state index contributed by atoms with van der Waals surface area (Å²) in [5.74, 6) is 0.339. The zero-order valence-corrected chi connectivity index (χ0v) is 14.4. The predicted octanol–water partition coefficient (Wildman–Crippen LogP) is 1.14. The number of ether oxygens (including phenoxy) is 2. The van der Waals surface area contributed by atoms with Gasteiger partial charge in [0.05, 0.1) is 17.9 Å². The molecule has 1 spiro atoms. The molecule has 2 aromatic rings. The number of nitrogens with zero attached hydrogens (tertiary/aromatic N) is 6. The van der Waals surface area contributed by atoms with E-state index >= 15 is 0 Å². The Labute approximate surface area is 155 Å². The second-order valence-corrected chi connectivity index (χ2v) is 7.00. The van der Waals surface area contributed by atoms with Gasteiger partial charge in [-0.2, -0.15) is 5.26 Å². The zero-order valence-electron chi connectivity index (χ0n) is 14.4. The van der Waals surface area contributed by atoms with Gasteiger partial charge in [0.25, 0.3) is 5.91 Å². The van der Waals surface area contributed by atoms with Gasteiger partial charge >= 0.3 is 0 Å². The zero-order chi connectivity index (χ0) is 18.4. The number of hydrogen-bond donors (Lipinski definition) is 0. The number of carbonyl (C=O) groups excluding carboxylic acids is 1. The summed E-state index contributed by atoms with van der Waals surface area (Å²) >= 11 is 0. The van der Waals surface area contributed by atoms with Gasteiger partial charge in [-0.15, -0.1) is 0 Å². The van der Waals surface area contributed by atoms with Gasteiger partial charge in [0.2, 0.25) is 5.88 Å². The van der Waals surface area contributed by atoms with Gasteiger partial charge in [0.1, 0.15) is 30.4 Å². The smallest absolute Gasteiger partial charge is 0.257 e. The van der Waals surface area contributed by atoms with Crippen LogP contribution in [0.25, 0.3) is 0 Å². The quantitative estimate of drug-likeness (QED) is 0.796. The molecule has 1 saturated carbocycles. The molecule has 5 rings (SSSR count). The molecule has 9 nitrogen and oxygen atoms in total. The number of carbonyl (C=O) groups is 1. The van der Waals surface area contributed by atoms with Gasteiger partial charge in [-0.3, -0.25) is 14.8 Å². The summed E-state index contributed by atoms with van der Waals surface area (Å²) in [5, 5.41) is 8.90. The van der Waals surface area contributed by atoms with Crippen molar-refractivity contribution in [2.75, 3.05) is 0 Å². The van der Waals surface area contributed by atoms with Crippen LogP contribution in [0.1, 0.15) is 43.1 Å². The fourth-order valence-electron chi connectivity index (χ4n) is 4.15. The van der Waals surface area contributed by atoms with E-state index in [1.165, 1.54) is 12.4 Å². The van der Waals surface area contributed by atoms with Crippen LogP contribution < -0.4 is 4.74 Å². The van der Waals surface area contributed by atoms with Gasteiger partial charge in [-0.05, 0) is 12.8 Å². The SMILES string of the molecule is N#Cc1cc(OC2CC3(C2)O[C@@H]2CC[C@@H](c4cnccn4)N2C3=O)ncn1. The van der Waals surface area contributed by atoms with E-state index in [0.717, 1.165) is 18.5 Å². The fourth-order valence-corrected chi connectivity index (χ4v) is 4.15. The Bertz CT molecular complexity index is 924. The highest BCUT2D eigenvalue weighted by molar-refractivity contribution is 5.89. The van der Waals surface area contributed by atoms with E-state index in [0.29, 0.717) is 18.7 Å². The van der Waals surface area contributed by atoms with E-state index in [4.69, 9.17) is 14.7 Å². The van der Waals surface area contributed by atoms with Crippen molar-refractivity contribution in [3.8, 4) is 11.9 Å². The first kappa shape index (κ1) is 16.1. The first-order valence-corrected chi connectivity index (χ1v) is 8.84. The Balaban J connectivity index is 1.28. The van der Waals surface area contributed by atoms with Crippen molar-refractivity contribution < 1.29 is 14.3 Å². The maximum Gasteiger partial charge on any atom is 0.257 e. The largest absolute Gasteiger partial charge is 0.474 e. The number of fused-ring (bicyclic) bond motifs is 1. The summed E-state index contributed by atoms with van der Waals surface area (Å²) < 4.78 is 11.9. The van der Waals surface area contributed by atoms with Crippen molar-refractivity contribution in [3.63, 3.8) is 0 Å². The van der Waals surface area contributed by atoms with E-state index in [9.17, 15) is 4.79 Å². The minimum absolute atomic E-state index is 0.000837. The molecule has 4 heterocycles.